The third-order valence-electron chi connectivity index (χ3n) is 1.69. The van der Waals surface area contributed by atoms with Crippen molar-refractivity contribution in [2.45, 2.75) is 12.5 Å². The van der Waals surface area contributed by atoms with Crippen molar-refractivity contribution in [3.63, 3.8) is 0 Å². The van der Waals surface area contributed by atoms with Gasteiger partial charge in [0.05, 0.1) is 11.5 Å². The van der Waals surface area contributed by atoms with E-state index < -0.39 is 27.8 Å². The summed E-state index contributed by atoms with van der Waals surface area (Å²) in [5, 5.41) is 11.0. The zero-order chi connectivity index (χ0) is 12.8. The molecule has 1 atom stereocenters. The Bertz CT molecular complexity index is 351. The summed E-state index contributed by atoms with van der Waals surface area (Å²) in [6, 6.07) is -1.14. The lowest BCUT2D eigenvalue weighted by Gasteiger charge is -2.13. The van der Waals surface area contributed by atoms with Crippen LogP contribution < -0.4 is 5.32 Å². The minimum atomic E-state index is -3.22. The van der Waals surface area contributed by atoms with Gasteiger partial charge in [-0.15, -0.1) is 0 Å². The summed E-state index contributed by atoms with van der Waals surface area (Å²) in [6.07, 6.45) is 2.62. The maximum Gasteiger partial charge on any atom is 0.326 e. The summed E-state index contributed by atoms with van der Waals surface area (Å²) in [4.78, 5) is 21.9. The van der Waals surface area contributed by atoms with Crippen LogP contribution in [0, 0.1) is 0 Å². The maximum absolute atomic E-state index is 11.1. The van der Waals surface area contributed by atoms with Crippen LogP contribution in [0.25, 0.3) is 0 Å². The van der Waals surface area contributed by atoms with Crippen LogP contribution >= 0.6 is 11.8 Å². The average Bonchev–Trinajstić information content (AvgIpc) is 2.10. The van der Waals surface area contributed by atoms with Gasteiger partial charge < -0.3 is 10.4 Å². The lowest BCUT2D eigenvalue weighted by atomic mass is 10.2. The van der Waals surface area contributed by atoms with Gasteiger partial charge in [0.2, 0.25) is 5.91 Å². The summed E-state index contributed by atoms with van der Waals surface area (Å²) >= 11 is 1.26. The molecule has 1 amide bonds. The van der Waals surface area contributed by atoms with Crippen molar-refractivity contribution < 1.29 is 23.1 Å². The number of carboxylic acid groups (broad SMARTS) is 1. The van der Waals surface area contributed by atoms with Crippen LogP contribution in [0.3, 0.4) is 0 Å². The van der Waals surface area contributed by atoms with Gasteiger partial charge in [0, 0.05) is 6.26 Å². The largest absolute Gasteiger partial charge is 0.480 e. The van der Waals surface area contributed by atoms with E-state index in [9.17, 15) is 18.0 Å². The second kappa shape index (κ2) is 6.74. The van der Waals surface area contributed by atoms with E-state index in [1.807, 2.05) is 0 Å². The highest BCUT2D eigenvalue weighted by atomic mass is 32.2. The zero-order valence-electron chi connectivity index (χ0n) is 9.10. The number of carbonyl (C=O) groups is 2. The molecule has 0 aromatic carbocycles. The molecule has 2 N–H and O–H groups in total. The van der Waals surface area contributed by atoms with Crippen LogP contribution in [0.15, 0.2) is 0 Å². The van der Waals surface area contributed by atoms with Crippen molar-refractivity contribution in [3.8, 4) is 0 Å². The Balaban J connectivity index is 4.29. The molecular formula is C8H15NO5S2. The molecule has 0 fully saturated rings. The molecule has 94 valence electrons. The topological polar surface area (TPSA) is 101 Å². The Kier molecular flexibility index (Phi) is 6.42. The van der Waals surface area contributed by atoms with Crippen LogP contribution in [0.4, 0.5) is 0 Å². The van der Waals surface area contributed by atoms with Gasteiger partial charge in [-0.3, -0.25) is 4.79 Å². The number of carboxylic acids is 1. The number of sulfone groups is 1. The SMILES string of the molecule is CSCC(=O)NC(CCS(C)(=O)=O)C(=O)O. The van der Waals surface area contributed by atoms with E-state index >= 15 is 0 Å². The number of hydrogen-bond acceptors (Lipinski definition) is 5. The van der Waals surface area contributed by atoms with Crippen molar-refractivity contribution in [1.82, 2.24) is 5.32 Å². The molecule has 1 unspecified atom stereocenters. The summed E-state index contributed by atoms with van der Waals surface area (Å²) in [6.45, 7) is 0. The van der Waals surface area contributed by atoms with Crippen LogP contribution in [0.1, 0.15) is 6.42 Å². The summed E-state index contributed by atoms with van der Waals surface area (Å²) in [5.74, 6) is -1.74. The van der Waals surface area contributed by atoms with E-state index in [0.29, 0.717) is 0 Å². The molecule has 0 saturated carbocycles. The maximum atomic E-state index is 11.1. The fourth-order valence-electron chi connectivity index (χ4n) is 0.956. The normalized spacial score (nSPS) is 13.1. The minimum Gasteiger partial charge on any atom is -0.480 e. The van der Waals surface area contributed by atoms with Crippen LogP contribution in [-0.4, -0.2) is 55.5 Å². The van der Waals surface area contributed by atoms with E-state index in [0.717, 1.165) is 6.26 Å². The molecule has 6 nitrogen and oxygen atoms in total. The number of nitrogens with one attached hydrogen (secondary N) is 1. The molecule has 0 spiro atoms. The lowest BCUT2D eigenvalue weighted by molar-refractivity contribution is -0.141. The Morgan fingerprint density at radius 3 is 2.38 bits per heavy atom. The van der Waals surface area contributed by atoms with E-state index in [1.54, 1.807) is 6.26 Å². The summed E-state index contributed by atoms with van der Waals surface area (Å²) < 4.78 is 21.7. The zero-order valence-corrected chi connectivity index (χ0v) is 10.7. The first-order valence-electron chi connectivity index (χ1n) is 4.45. The first kappa shape index (κ1) is 15.2. The molecule has 0 saturated heterocycles. The molecular weight excluding hydrogens is 254 g/mol. The first-order chi connectivity index (χ1) is 7.26. The van der Waals surface area contributed by atoms with E-state index in [1.165, 1.54) is 11.8 Å². The molecule has 16 heavy (non-hydrogen) atoms. The fraction of sp³-hybridized carbons (Fsp3) is 0.750. The Morgan fingerprint density at radius 1 is 1.44 bits per heavy atom. The molecule has 8 heteroatoms. The third-order valence-corrected chi connectivity index (χ3v) is 3.21. The van der Waals surface area contributed by atoms with Crippen molar-refractivity contribution in [3.05, 3.63) is 0 Å². The summed E-state index contributed by atoms with van der Waals surface area (Å²) in [7, 11) is -3.22. The molecule has 0 aliphatic carbocycles. The molecule has 0 bridgehead atoms. The van der Waals surface area contributed by atoms with Crippen molar-refractivity contribution in [2.75, 3.05) is 24.0 Å². The molecule has 0 heterocycles. The molecule has 0 aromatic rings. The van der Waals surface area contributed by atoms with Crippen LogP contribution in [-0.2, 0) is 19.4 Å². The van der Waals surface area contributed by atoms with Gasteiger partial charge in [-0.05, 0) is 12.7 Å². The average molecular weight is 269 g/mol. The quantitative estimate of drug-likeness (QED) is 0.637. The van der Waals surface area contributed by atoms with E-state index in [4.69, 9.17) is 5.11 Å². The predicted octanol–water partition coefficient (Wildman–Crippen LogP) is -0.646. The van der Waals surface area contributed by atoms with Gasteiger partial charge in [0.15, 0.2) is 0 Å². The van der Waals surface area contributed by atoms with Gasteiger partial charge in [0.1, 0.15) is 15.9 Å². The monoisotopic (exact) mass is 269 g/mol. The number of rotatable bonds is 7. The number of thioether (sulfide) groups is 1. The fourth-order valence-corrected chi connectivity index (χ4v) is 1.97. The van der Waals surface area contributed by atoms with E-state index in [-0.39, 0.29) is 17.9 Å². The molecule has 0 radical (unpaired) electrons. The number of aliphatic carboxylic acids is 1. The predicted molar refractivity (Wildman–Crippen MR) is 62.3 cm³/mol. The van der Waals surface area contributed by atoms with Crippen LogP contribution in [0.5, 0.6) is 0 Å². The number of carbonyl (C=O) groups excluding carboxylic acids is 1. The first-order valence-corrected chi connectivity index (χ1v) is 7.90. The Morgan fingerprint density at radius 2 is 2.00 bits per heavy atom. The summed E-state index contributed by atoms with van der Waals surface area (Å²) in [5.41, 5.74) is 0. The molecule has 0 aliphatic rings. The Labute approximate surface area is 98.7 Å². The Hall–Kier alpha value is -0.760. The highest BCUT2D eigenvalue weighted by Crippen LogP contribution is 1.98. The smallest absolute Gasteiger partial charge is 0.326 e. The van der Waals surface area contributed by atoms with Gasteiger partial charge >= 0.3 is 5.97 Å². The highest BCUT2D eigenvalue weighted by molar-refractivity contribution is 7.99. The van der Waals surface area contributed by atoms with E-state index in [2.05, 4.69) is 5.32 Å². The van der Waals surface area contributed by atoms with Crippen molar-refractivity contribution >= 4 is 33.5 Å². The minimum absolute atomic E-state index is 0.117. The lowest BCUT2D eigenvalue weighted by Crippen LogP contribution is -2.42. The van der Waals surface area contributed by atoms with Gasteiger partial charge in [-0.1, -0.05) is 0 Å². The van der Waals surface area contributed by atoms with Crippen molar-refractivity contribution in [2.24, 2.45) is 0 Å². The number of amides is 1. The second-order valence-corrected chi connectivity index (χ2v) is 6.44. The molecule has 0 aliphatic heterocycles. The van der Waals surface area contributed by atoms with Gasteiger partial charge in [-0.2, -0.15) is 11.8 Å². The second-order valence-electron chi connectivity index (χ2n) is 3.31. The molecule has 0 rings (SSSR count). The van der Waals surface area contributed by atoms with Crippen molar-refractivity contribution in [1.29, 1.82) is 0 Å². The highest BCUT2D eigenvalue weighted by Gasteiger charge is 2.21. The van der Waals surface area contributed by atoms with Gasteiger partial charge in [0.25, 0.3) is 0 Å². The third kappa shape index (κ3) is 7.52. The standard InChI is InChI=1S/C8H15NO5S2/c1-15-5-7(10)9-6(8(11)12)3-4-16(2,13)14/h6H,3-5H2,1-2H3,(H,9,10)(H,11,12). The number of hydrogen-bond donors (Lipinski definition) is 2. The van der Waals surface area contributed by atoms with Crippen LogP contribution in [0.2, 0.25) is 0 Å². The molecule has 0 aromatic heterocycles. The van der Waals surface area contributed by atoms with Gasteiger partial charge in [-0.25, -0.2) is 13.2 Å².